The minimum absolute atomic E-state index is 0.0886. The molecule has 0 saturated heterocycles. The summed E-state index contributed by atoms with van der Waals surface area (Å²) in [5, 5.41) is 18.4. The van der Waals surface area contributed by atoms with Crippen LogP contribution in [0.5, 0.6) is 0 Å². The van der Waals surface area contributed by atoms with Crippen molar-refractivity contribution in [2.45, 2.75) is 25.6 Å². The van der Waals surface area contributed by atoms with Crippen molar-refractivity contribution in [3.05, 3.63) is 25.2 Å². The van der Waals surface area contributed by atoms with Gasteiger partial charge in [0.15, 0.2) is 5.76 Å². The van der Waals surface area contributed by atoms with Crippen LogP contribution in [0.1, 0.15) is 19.8 Å². The van der Waals surface area contributed by atoms with Crippen molar-refractivity contribution in [1.82, 2.24) is 0 Å². The van der Waals surface area contributed by atoms with Gasteiger partial charge in [-0.05, 0) is 0 Å². The van der Waals surface area contributed by atoms with E-state index in [4.69, 9.17) is 0 Å². The van der Waals surface area contributed by atoms with Crippen molar-refractivity contribution in [3.63, 3.8) is 0 Å². The molecule has 0 spiro atoms. The van der Waals surface area contributed by atoms with E-state index in [1.54, 1.807) is 0 Å². The van der Waals surface area contributed by atoms with Gasteiger partial charge in [0.25, 0.3) is 0 Å². The number of hydrogen-bond acceptors (Lipinski definition) is 3. The molecule has 2 N–H and O–H groups in total. The summed E-state index contributed by atoms with van der Waals surface area (Å²) < 4.78 is 4.63. The van der Waals surface area contributed by atoms with Crippen LogP contribution in [-0.2, 0) is 4.74 Å². The van der Waals surface area contributed by atoms with Crippen LogP contribution in [0.4, 0.5) is 0 Å². The smallest absolute Gasteiger partial charge is 0.222 e. The molecule has 3 nitrogen and oxygen atoms in total. The van der Waals surface area contributed by atoms with Gasteiger partial charge in [0.2, 0.25) is 5.79 Å². The van der Waals surface area contributed by atoms with Gasteiger partial charge < -0.3 is 14.9 Å². The highest BCUT2D eigenvalue weighted by Gasteiger charge is 2.27. The third-order valence-electron chi connectivity index (χ3n) is 1.27. The number of aliphatic hydroxyl groups is 2. The molecule has 0 fully saturated rings. The Hall–Kier alpha value is -0.800. The Bertz CT molecular complexity index is 149. The Morgan fingerprint density at radius 2 is 2.18 bits per heavy atom. The standard InChI is InChI=1S/C8H14O3/c1-4-6-8(9,10)7(3)11-5-2/h5,9-10H,2-4,6H2,1H3. The highest BCUT2D eigenvalue weighted by Crippen LogP contribution is 2.18. The lowest BCUT2D eigenvalue weighted by molar-refractivity contribution is -0.156. The van der Waals surface area contributed by atoms with Crippen LogP contribution in [0.2, 0.25) is 0 Å². The molecule has 0 radical (unpaired) electrons. The van der Waals surface area contributed by atoms with Gasteiger partial charge >= 0.3 is 0 Å². The monoisotopic (exact) mass is 158 g/mol. The van der Waals surface area contributed by atoms with Crippen LogP contribution < -0.4 is 0 Å². The van der Waals surface area contributed by atoms with Crippen molar-refractivity contribution >= 4 is 0 Å². The summed E-state index contributed by atoms with van der Waals surface area (Å²) in [5.41, 5.74) is 0. The van der Waals surface area contributed by atoms with Crippen LogP contribution in [-0.4, -0.2) is 16.0 Å². The van der Waals surface area contributed by atoms with E-state index < -0.39 is 5.79 Å². The molecule has 0 aromatic rings. The molecular weight excluding hydrogens is 144 g/mol. The highest BCUT2D eigenvalue weighted by atomic mass is 16.6. The van der Waals surface area contributed by atoms with E-state index in [0.29, 0.717) is 6.42 Å². The molecule has 0 aliphatic carbocycles. The van der Waals surface area contributed by atoms with Crippen molar-refractivity contribution in [2.24, 2.45) is 0 Å². The lowest BCUT2D eigenvalue weighted by Crippen LogP contribution is -2.30. The average molecular weight is 158 g/mol. The molecule has 0 bridgehead atoms. The second-order valence-corrected chi connectivity index (χ2v) is 2.27. The molecule has 0 aromatic carbocycles. The van der Waals surface area contributed by atoms with Crippen molar-refractivity contribution in [2.75, 3.05) is 0 Å². The summed E-state index contributed by atoms with van der Waals surface area (Å²) in [6, 6.07) is 0. The van der Waals surface area contributed by atoms with Crippen LogP contribution in [0, 0.1) is 0 Å². The first kappa shape index (κ1) is 10.2. The third kappa shape index (κ3) is 3.20. The van der Waals surface area contributed by atoms with E-state index in [2.05, 4.69) is 17.9 Å². The lowest BCUT2D eigenvalue weighted by atomic mass is 10.1. The molecule has 0 aromatic heterocycles. The Morgan fingerprint density at radius 1 is 1.64 bits per heavy atom. The van der Waals surface area contributed by atoms with Crippen LogP contribution in [0.15, 0.2) is 25.2 Å². The number of hydrogen-bond donors (Lipinski definition) is 2. The molecule has 64 valence electrons. The summed E-state index contributed by atoms with van der Waals surface area (Å²) in [4.78, 5) is 0. The maximum Gasteiger partial charge on any atom is 0.222 e. The zero-order valence-electron chi connectivity index (χ0n) is 6.71. The van der Waals surface area contributed by atoms with Gasteiger partial charge in [-0.25, -0.2) is 0 Å². The van der Waals surface area contributed by atoms with E-state index in [9.17, 15) is 10.2 Å². The third-order valence-corrected chi connectivity index (χ3v) is 1.27. The quantitative estimate of drug-likeness (QED) is 0.466. The maximum absolute atomic E-state index is 9.20. The fraction of sp³-hybridized carbons (Fsp3) is 0.500. The zero-order valence-corrected chi connectivity index (χ0v) is 6.71. The Balaban J connectivity index is 4.04. The van der Waals surface area contributed by atoms with Crippen LogP contribution >= 0.6 is 0 Å². The minimum atomic E-state index is -1.93. The van der Waals surface area contributed by atoms with E-state index in [0.717, 1.165) is 6.26 Å². The van der Waals surface area contributed by atoms with Gasteiger partial charge in [-0.15, -0.1) is 0 Å². The molecule has 0 unspecified atom stereocenters. The number of ether oxygens (including phenoxy) is 1. The van der Waals surface area contributed by atoms with Gasteiger partial charge in [-0.3, -0.25) is 0 Å². The Labute approximate surface area is 66.6 Å². The molecule has 11 heavy (non-hydrogen) atoms. The first-order chi connectivity index (χ1) is 5.04. The average Bonchev–Trinajstić information content (AvgIpc) is 1.88. The molecular formula is C8H14O3. The molecule has 0 atom stereocenters. The second-order valence-electron chi connectivity index (χ2n) is 2.27. The molecule has 0 amide bonds. The zero-order chi connectivity index (χ0) is 8.91. The molecule has 0 saturated carbocycles. The van der Waals surface area contributed by atoms with Gasteiger partial charge in [-0.2, -0.15) is 0 Å². The predicted molar refractivity (Wildman–Crippen MR) is 42.5 cm³/mol. The summed E-state index contributed by atoms with van der Waals surface area (Å²) in [6.07, 6.45) is 1.96. The largest absolute Gasteiger partial charge is 0.465 e. The van der Waals surface area contributed by atoms with Crippen molar-refractivity contribution in [3.8, 4) is 0 Å². The fourth-order valence-electron chi connectivity index (χ4n) is 0.683. The Kier molecular flexibility index (Phi) is 3.85. The van der Waals surface area contributed by atoms with Gasteiger partial charge in [0.05, 0.1) is 6.26 Å². The number of rotatable bonds is 5. The van der Waals surface area contributed by atoms with Gasteiger partial charge in [0.1, 0.15) is 0 Å². The molecule has 0 aliphatic rings. The summed E-state index contributed by atoms with van der Waals surface area (Å²) in [5.74, 6) is -2.02. The summed E-state index contributed by atoms with van der Waals surface area (Å²) >= 11 is 0. The lowest BCUT2D eigenvalue weighted by Gasteiger charge is -2.21. The van der Waals surface area contributed by atoms with E-state index in [-0.39, 0.29) is 12.2 Å². The molecule has 0 heterocycles. The van der Waals surface area contributed by atoms with E-state index in [1.807, 2.05) is 6.92 Å². The van der Waals surface area contributed by atoms with Crippen LogP contribution in [0.3, 0.4) is 0 Å². The first-order valence-corrected chi connectivity index (χ1v) is 3.46. The van der Waals surface area contributed by atoms with E-state index >= 15 is 0 Å². The first-order valence-electron chi connectivity index (χ1n) is 3.46. The van der Waals surface area contributed by atoms with E-state index in [1.165, 1.54) is 0 Å². The predicted octanol–water partition coefficient (Wildman–Crippen LogP) is 1.14. The second kappa shape index (κ2) is 4.16. The summed E-state index contributed by atoms with van der Waals surface area (Å²) in [6.45, 7) is 8.45. The van der Waals surface area contributed by atoms with Crippen molar-refractivity contribution < 1.29 is 14.9 Å². The van der Waals surface area contributed by atoms with Gasteiger partial charge in [0, 0.05) is 6.42 Å². The normalized spacial score (nSPS) is 10.8. The summed E-state index contributed by atoms with van der Waals surface area (Å²) in [7, 11) is 0. The maximum atomic E-state index is 9.20. The fourth-order valence-corrected chi connectivity index (χ4v) is 0.683. The van der Waals surface area contributed by atoms with Crippen LogP contribution in [0.25, 0.3) is 0 Å². The van der Waals surface area contributed by atoms with Gasteiger partial charge in [-0.1, -0.05) is 26.5 Å². The Morgan fingerprint density at radius 3 is 2.55 bits per heavy atom. The topological polar surface area (TPSA) is 49.7 Å². The SMILES string of the molecule is C=COC(=C)C(O)(O)CCC. The molecule has 3 heteroatoms. The minimum Gasteiger partial charge on any atom is -0.465 e. The molecule has 0 aliphatic heterocycles. The van der Waals surface area contributed by atoms with Crippen molar-refractivity contribution in [1.29, 1.82) is 0 Å². The molecule has 0 rings (SSSR count). The highest BCUT2D eigenvalue weighted by molar-refractivity contribution is 4.98.